The van der Waals surface area contributed by atoms with Crippen LogP contribution >= 0.6 is 0 Å². The lowest BCUT2D eigenvalue weighted by Gasteiger charge is -2.25. The quantitative estimate of drug-likeness (QED) is 0.808. The van der Waals surface area contributed by atoms with Gasteiger partial charge in [-0.2, -0.15) is 0 Å². The van der Waals surface area contributed by atoms with Crippen molar-refractivity contribution in [1.82, 2.24) is 0 Å². The molecule has 1 rings (SSSR count). The van der Waals surface area contributed by atoms with Crippen LogP contribution in [-0.4, -0.2) is 13.2 Å². The number of rotatable bonds is 4. The van der Waals surface area contributed by atoms with Gasteiger partial charge in [-0.05, 0) is 38.8 Å². The Bertz CT molecular complexity index is 459. The Kier molecular flexibility index (Phi) is 3.79. The van der Waals surface area contributed by atoms with Crippen molar-refractivity contribution in [1.29, 1.82) is 0 Å². The highest BCUT2D eigenvalue weighted by molar-refractivity contribution is 7.92. The molecule has 0 radical (unpaired) electrons. The van der Waals surface area contributed by atoms with E-state index in [1.807, 2.05) is 26.0 Å². The molecule has 90 valence electrons. The Balaban J connectivity index is 3.28. The standard InChI is InChI=1S/C13H20O2S/c1-5-10-13(3,4)16(14,15)12-9-7-6-8-11(12)2/h6-9H,5,10H2,1-4H3. The van der Waals surface area contributed by atoms with Crippen molar-refractivity contribution in [3.63, 3.8) is 0 Å². The van der Waals surface area contributed by atoms with Gasteiger partial charge in [-0.3, -0.25) is 0 Å². The fraction of sp³-hybridized carbons (Fsp3) is 0.538. The van der Waals surface area contributed by atoms with Crippen molar-refractivity contribution < 1.29 is 8.42 Å². The number of benzene rings is 1. The second-order valence-corrected chi connectivity index (χ2v) is 7.33. The van der Waals surface area contributed by atoms with Gasteiger partial charge in [0.1, 0.15) is 0 Å². The molecular formula is C13H20O2S. The molecule has 0 aliphatic heterocycles. The maximum absolute atomic E-state index is 12.5. The van der Waals surface area contributed by atoms with E-state index in [0.717, 1.165) is 12.0 Å². The Hall–Kier alpha value is -0.830. The van der Waals surface area contributed by atoms with Crippen LogP contribution < -0.4 is 0 Å². The van der Waals surface area contributed by atoms with Crippen LogP contribution in [0.5, 0.6) is 0 Å². The summed E-state index contributed by atoms with van der Waals surface area (Å²) in [5.74, 6) is 0. The predicted octanol–water partition coefficient (Wildman–Crippen LogP) is 3.35. The maximum atomic E-state index is 12.5. The molecule has 16 heavy (non-hydrogen) atoms. The van der Waals surface area contributed by atoms with E-state index < -0.39 is 14.6 Å². The van der Waals surface area contributed by atoms with E-state index in [1.54, 1.807) is 26.0 Å². The molecule has 0 atom stereocenters. The fourth-order valence-electron chi connectivity index (χ4n) is 1.89. The van der Waals surface area contributed by atoms with Crippen LogP contribution in [-0.2, 0) is 9.84 Å². The lowest BCUT2D eigenvalue weighted by Crippen LogP contribution is -2.32. The van der Waals surface area contributed by atoms with Gasteiger partial charge in [0.05, 0.1) is 9.64 Å². The summed E-state index contributed by atoms with van der Waals surface area (Å²) in [6.07, 6.45) is 1.56. The largest absolute Gasteiger partial charge is 0.223 e. The van der Waals surface area contributed by atoms with Crippen molar-refractivity contribution in [3.8, 4) is 0 Å². The number of aryl methyl sites for hydroxylation is 1. The summed E-state index contributed by atoms with van der Waals surface area (Å²) in [4.78, 5) is 0.466. The lowest BCUT2D eigenvalue weighted by atomic mass is 10.1. The van der Waals surface area contributed by atoms with Crippen LogP contribution in [0.2, 0.25) is 0 Å². The maximum Gasteiger partial charge on any atom is 0.183 e. The summed E-state index contributed by atoms with van der Waals surface area (Å²) in [6.45, 7) is 7.46. The molecule has 0 saturated heterocycles. The van der Waals surface area contributed by atoms with E-state index >= 15 is 0 Å². The first-order valence-electron chi connectivity index (χ1n) is 5.63. The minimum absolute atomic E-state index is 0.466. The van der Waals surface area contributed by atoms with Gasteiger partial charge >= 0.3 is 0 Å². The van der Waals surface area contributed by atoms with Gasteiger partial charge in [0.15, 0.2) is 9.84 Å². The van der Waals surface area contributed by atoms with Crippen molar-refractivity contribution in [2.75, 3.05) is 0 Å². The Labute approximate surface area is 98.6 Å². The monoisotopic (exact) mass is 240 g/mol. The highest BCUT2D eigenvalue weighted by atomic mass is 32.2. The molecule has 0 N–H and O–H groups in total. The smallest absolute Gasteiger partial charge is 0.183 e. The third-order valence-electron chi connectivity index (χ3n) is 2.96. The zero-order valence-corrected chi connectivity index (χ0v) is 11.3. The van der Waals surface area contributed by atoms with Gasteiger partial charge in [-0.25, -0.2) is 8.42 Å². The molecule has 0 aromatic heterocycles. The minimum atomic E-state index is -3.23. The Morgan fingerprint density at radius 3 is 2.25 bits per heavy atom. The first-order valence-corrected chi connectivity index (χ1v) is 7.11. The predicted molar refractivity (Wildman–Crippen MR) is 67.4 cm³/mol. The summed E-state index contributed by atoms with van der Waals surface area (Å²) in [6, 6.07) is 7.18. The van der Waals surface area contributed by atoms with Gasteiger partial charge in [0, 0.05) is 0 Å². The summed E-state index contributed by atoms with van der Waals surface area (Å²) >= 11 is 0. The molecule has 0 bridgehead atoms. The van der Waals surface area contributed by atoms with E-state index in [2.05, 4.69) is 0 Å². The van der Waals surface area contributed by atoms with Crippen LogP contribution in [0.1, 0.15) is 39.2 Å². The molecule has 0 saturated carbocycles. The fourth-order valence-corrected chi connectivity index (χ4v) is 3.71. The molecule has 3 heteroatoms. The lowest BCUT2D eigenvalue weighted by molar-refractivity contribution is 0.522. The molecular weight excluding hydrogens is 220 g/mol. The number of sulfone groups is 1. The Morgan fingerprint density at radius 2 is 1.75 bits per heavy atom. The summed E-state index contributed by atoms with van der Waals surface area (Å²) in [7, 11) is -3.23. The SMILES string of the molecule is CCCC(C)(C)S(=O)(=O)c1ccccc1C. The zero-order chi connectivity index (χ0) is 12.4. The second kappa shape index (κ2) is 4.58. The third-order valence-corrected chi connectivity index (χ3v) is 5.66. The van der Waals surface area contributed by atoms with Gasteiger partial charge in [0.25, 0.3) is 0 Å². The molecule has 0 aliphatic carbocycles. The summed E-state index contributed by atoms with van der Waals surface area (Å²) in [5, 5.41) is 0. The molecule has 0 heterocycles. The molecule has 1 aromatic rings. The number of hydrogen-bond donors (Lipinski definition) is 0. The van der Waals surface area contributed by atoms with Crippen LogP contribution in [0.15, 0.2) is 29.2 Å². The molecule has 1 aromatic carbocycles. The average Bonchev–Trinajstić information content (AvgIpc) is 2.17. The van der Waals surface area contributed by atoms with Gasteiger partial charge < -0.3 is 0 Å². The van der Waals surface area contributed by atoms with Crippen LogP contribution in [0.4, 0.5) is 0 Å². The van der Waals surface area contributed by atoms with Gasteiger partial charge in [-0.15, -0.1) is 0 Å². The van der Waals surface area contributed by atoms with Crippen molar-refractivity contribution in [2.24, 2.45) is 0 Å². The van der Waals surface area contributed by atoms with E-state index in [1.165, 1.54) is 0 Å². The minimum Gasteiger partial charge on any atom is -0.223 e. The van der Waals surface area contributed by atoms with E-state index in [0.29, 0.717) is 11.3 Å². The van der Waals surface area contributed by atoms with Crippen LogP contribution in [0.25, 0.3) is 0 Å². The first-order chi connectivity index (χ1) is 7.33. The third kappa shape index (κ3) is 2.29. The molecule has 0 amide bonds. The molecule has 0 spiro atoms. The topological polar surface area (TPSA) is 34.1 Å². The van der Waals surface area contributed by atoms with E-state index in [9.17, 15) is 8.42 Å². The highest BCUT2D eigenvalue weighted by Gasteiger charge is 2.35. The molecule has 0 aliphatic rings. The highest BCUT2D eigenvalue weighted by Crippen LogP contribution is 2.30. The first kappa shape index (κ1) is 13.2. The average molecular weight is 240 g/mol. The summed E-state index contributed by atoms with van der Waals surface area (Å²) in [5.41, 5.74) is 0.826. The zero-order valence-electron chi connectivity index (χ0n) is 10.4. The number of hydrogen-bond acceptors (Lipinski definition) is 2. The Morgan fingerprint density at radius 1 is 1.19 bits per heavy atom. The van der Waals surface area contributed by atoms with Crippen LogP contribution in [0.3, 0.4) is 0 Å². The molecule has 0 unspecified atom stereocenters. The van der Waals surface area contributed by atoms with Crippen molar-refractivity contribution >= 4 is 9.84 Å². The molecule has 0 fully saturated rings. The van der Waals surface area contributed by atoms with Crippen LogP contribution in [0, 0.1) is 6.92 Å². The second-order valence-electron chi connectivity index (χ2n) is 4.78. The van der Waals surface area contributed by atoms with Crippen molar-refractivity contribution in [3.05, 3.63) is 29.8 Å². The summed E-state index contributed by atoms with van der Waals surface area (Å²) < 4.78 is 24.2. The normalized spacial score (nSPS) is 12.8. The molecule has 2 nitrogen and oxygen atoms in total. The van der Waals surface area contributed by atoms with E-state index in [-0.39, 0.29) is 0 Å². The van der Waals surface area contributed by atoms with Crippen molar-refractivity contribution in [2.45, 2.75) is 50.2 Å². The van der Waals surface area contributed by atoms with Gasteiger partial charge in [0.2, 0.25) is 0 Å². The van der Waals surface area contributed by atoms with Gasteiger partial charge in [-0.1, -0.05) is 31.5 Å². The van der Waals surface area contributed by atoms with E-state index in [4.69, 9.17) is 0 Å².